The Morgan fingerprint density at radius 3 is 2.96 bits per heavy atom. The summed E-state index contributed by atoms with van der Waals surface area (Å²) in [7, 11) is 1.55. The molecule has 0 spiro atoms. The van der Waals surface area contributed by atoms with Gasteiger partial charge in [0.2, 0.25) is 5.91 Å². The van der Waals surface area contributed by atoms with E-state index in [1.165, 1.54) is 6.20 Å². The Labute approximate surface area is 151 Å². The minimum absolute atomic E-state index is 0.00786. The first-order valence-corrected chi connectivity index (χ1v) is 8.64. The third kappa shape index (κ3) is 3.20. The van der Waals surface area contributed by atoms with Crippen LogP contribution in [0.4, 0.5) is 17.2 Å². The largest absolute Gasteiger partial charge is 0.495 e. The van der Waals surface area contributed by atoms with Crippen LogP contribution in [0, 0.1) is 5.92 Å². The summed E-state index contributed by atoms with van der Waals surface area (Å²) in [5.74, 6) is 1.48. The van der Waals surface area contributed by atoms with Crippen LogP contribution in [0.2, 0.25) is 0 Å². The van der Waals surface area contributed by atoms with Gasteiger partial charge in [0.15, 0.2) is 0 Å². The molecule has 0 unspecified atom stereocenters. The molecular formula is C19H20N4O3. The smallest absolute Gasteiger partial charge is 0.257 e. The highest BCUT2D eigenvalue weighted by Gasteiger charge is 2.32. The van der Waals surface area contributed by atoms with Gasteiger partial charge in [-0.05, 0) is 37.0 Å². The van der Waals surface area contributed by atoms with E-state index in [1.807, 2.05) is 12.1 Å². The first kappa shape index (κ1) is 16.4. The molecule has 1 saturated carbocycles. The second-order valence-corrected chi connectivity index (χ2v) is 6.55. The van der Waals surface area contributed by atoms with Gasteiger partial charge in [0.1, 0.15) is 11.6 Å². The molecule has 7 heteroatoms. The Hall–Kier alpha value is -3.09. The van der Waals surface area contributed by atoms with Gasteiger partial charge in [0.25, 0.3) is 5.91 Å². The number of benzene rings is 1. The number of anilines is 3. The number of nitrogens with zero attached hydrogens (tertiary/aromatic N) is 2. The summed E-state index contributed by atoms with van der Waals surface area (Å²) in [5.41, 5.74) is 1.65. The van der Waals surface area contributed by atoms with Crippen molar-refractivity contribution < 1.29 is 14.3 Å². The molecule has 1 fully saturated rings. The topological polar surface area (TPSA) is 83.6 Å². The first-order valence-electron chi connectivity index (χ1n) is 8.64. The SMILES string of the molecule is COc1ccccc1NC(=O)c1cnc2c(c1)N(CC1CC1)C(=O)CN2. The predicted octanol–water partition coefficient (Wildman–Crippen LogP) is 2.51. The van der Waals surface area contributed by atoms with E-state index in [1.54, 1.807) is 30.2 Å². The molecule has 2 heterocycles. The van der Waals surface area contributed by atoms with Crippen molar-refractivity contribution >= 4 is 29.0 Å². The van der Waals surface area contributed by atoms with Gasteiger partial charge in [-0.2, -0.15) is 0 Å². The van der Waals surface area contributed by atoms with Crippen molar-refractivity contribution in [2.45, 2.75) is 12.8 Å². The van der Waals surface area contributed by atoms with Gasteiger partial charge in [-0.3, -0.25) is 9.59 Å². The molecule has 0 atom stereocenters. The highest BCUT2D eigenvalue weighted by Crippen LogP contribution is 2.35. The molecule has 7 nitrogen and oxygen atoms in total. The average molecular weight is 352 g/mol. The summed E-state index contributed by atoms with van der Waals surface area (Å²) in [6.07, 6.45) is 3.81. The molecule has 2 N–H and O–H groups in total. The zero-order valence-electron chi connectivity index (χ0n) is 14.5. The van der Waals surface area contributed by atoms with Gasteiger partial charge >= 0.3 is 0 Å². The van der Waals surface area contributed by atoms with E-state index >= 15 is 0 Å². The quantitative estimate of drug-likeness (QED) is 0.864. The van der Waals surface area contributed by atoms with Crippen LogP contribution in [0.5, 0.6) is 5.75 Å². The molecule has 1 aromatic heterocycles. The first-order chi connectivity index (χ1) is 12.7. The fourth-order valence-electron chi connectivity index (χ4n) is 3.01. The second kappa shape index (κ2) is 6.67. The third-order valence-electron chi connectivity index (χ3n) is 4.62. The molecular weight excluding hydrogens is 332 g/mol. The summed E-state index contributed by atoms with van der Waals surface area (Å²) in [6.45, 7) is 0.923. The van der Waals surface area contributed by atoms with Crippen molar-refractivity contribution in [3.63, 3.8) is 0 Å². The minimum Gasteiger partial charge on any atom is -0.495 e. The van der Waals surface area contributed by atoms with Crippen LogP contribution in [0.15, 0.2) is 36.5 Å². The number of rotatable bonds is 5. The Morgan fingerprint density at radius 1 is 1.38 bits per heavy atom. The lowest BCUT2D eigenvalue weighted by Gasteiger charge is -2.29. The van der Waals surface area contributed by atoms with Gasteiger partial charge in [-0.15, -0.1) is 0 Å². The Bertz CT molecular complexity index is 864. The monoisotopic (exact) mass is 352 g/mol. The van der Waals surface area contributed by atoms with E-state index < -0.39 is 0 Å². The van der Waals surface area contributed by atoms with Crippen molar-refractivity contribution in [1.29, 1.82) is 0 Å². The number of hydrogen-bond acceptors (Lipinski definition) is 5. The van der Waals surface area contributed by atoms with E-state index in [9.17, 15) is 9.59 Å². The average Bonchev–Trinajstić information content (AvgIpc) is 3.48. The van der Waals surface area contributed by atoms with Gasteiger partial charge in [0, 0.05) is 12.7 Å². The number of amides is 2. The van der Waals surface area contributed by atoms with Gasteiger partial charge in [0.05, 0.1) is 30.6 Å². The van der Waals surface area contributed by atoms with Crippen LogP contribution < -0.4 is 20.3 Å². The molecule has 2 aliphatic rings. The highest BCUT2D eigenvalue weighted by molar-refractivity contribution is 6.08. The third-order valence-corrected chi connectivity index (χ3v) is 4.62. The lowest BCUT2D eigenvalue weighted by Crippen LogP contribution is -2.41. The van der Waals surface area contributed by atoms with Gasteiger partial charge in [-0.1, -0.05) is 12.1 Å². The van der Waals surface area contributed by atoms with Crippen LogP contribution in [-0.4, -0.2) is 37.0 Å². The van der Waals surface area contributed by atoms with Crippen LogP contribution in [-0.2, 0) is 4.79 Å². The number of methoxy groups -OCH3 is 1. The normalized spacial score (nSPS) is 15.9. The standard InChI is InChI=1S/C19H20N4O3/c1-26-16-5-3-2-4-14(16)22-19(25)13-8-15-18(20-9-13)21-10-17(24)23(15)11-12-6-7-12/h2-5,8-9,12H,6-7,10-11H2,1H3,(H,20,21)(H,22,25). The zero-order chi connectivity index (χ0) is 18.1. The minimum atomic E-state index is -0.297. The number of para-hydroxylation sites is 2. The van der Waals surface area contributed by atoms with Crippen molar-refractivity contribution in [2.75, 3.05) is 35.7 Å². The zero-order valence-corrected chi connectivity index (χ0v) is 14.5. The molecule has 2 aromatic rings. The van der Waals surface area contributed by atoms with Gasteiger partial charge in [-0.25, -0.2) is 4.98 Å². The Balaban J connectivity index is 1.60. The van der Waals surface area contributed by atoms with E-state index in [0.29, 0.717) is 41.0 Å². The number of ether oxygens (including phenoxy) is 1. The van der Waals surface area contributed by atoms with E-state index in [2.05, 4.69) is 15.6 Å². The van der Waals surface area contributed by atoms with Crippen LogP contribution in [0.1, 0.15) is 23.2 Å². The van der Waals surface area contributed by atoms with Crippen LogP contribution in [0.3, 0.4) is 0 Å². The fraction of sp³-hybridized carbons (Fsp3) is 0.316. The second-order valence-electron chi connectivity index (χ2n) is 6.55. The van der Waals surface area contributed by atoms with Crippen LogP contribution >= 0.6 is 0 Å². The van der Waals surface area contributed by atoms with E-state index in [0.717, 1.165) is 12.8 Å². The van der Waals surface area contributed by atoms with Crippen molar-refractivity contribution in [3.8, 4) is 5.75 Å². The molecule has 1 aliphatic carbocycles. The molecule has 26 heavy (non-hydrogen) atoms. The molecule has 1 aromatic carbocycles. The molecule has 0 saturated heterocycles. The lowest BCUT2D eigenvalue weighted by atomic mass is 10.1. The number of carbonyl (C=O) groups excluding carboxylic acids is 2. The number of aromatic nitrogens is 1. The fourth-order valence-corrected chi connectivity index (χ4v) is 3.01. The number of nitrogens with one attached hydrogen (secondary N) is 2. The maximum Gasteiger partial charge on any atom is 0.257 e. The van der Waals surface area contributed by atoms with E-state index in [4.69, 9.17) is 4.74 Å². The lowest BCUT2D eigenvalue weighted by molar-refractivity contribution is -0.117. The van der Waals surface area contributed by atoms with Crippen molar-refractivity contribution in [2.24, 2.45) is 5.92 Å². The summed E-state index contributed by atoms with van der Waals surface area (Å²) >= 11 is 0. The van der Waals surface area contributed by atoms with E-state index in [-0.39, 0.29) is 18.4 Å². The predicted molar refractivity (Wildman–Crippen MR) is 98.8 cm³/mol. The summed E-state index contributed by atoms with van der Waals surface area (Å²) in [4.78, 5) is 31.0. The number of carbonyl (C=O) groups is 2. The number of pyridine rings is 1. The van der Waals surface area contributed by atoms with Gasteiger partial charge < -0.3 is 20.3 Å². The molecule has 134 valence electrons. The molecule has 4 rings (SSSR count). The molecule has 1 aliphatic heterocycles. The van der Waals surface area contributed by atoms with Crippen molar-refractivity contribution in [1.82, 2.24) is 4.98 Å². The Kier molecular flexibility index (Phi) is 4.20. The van der Waals surface area contributed by atoms with Crippen LogP contribution in [0.25, 0.3) is 0 Å². The number of fused-ring (bicyclic) bond motifs is 1. The Morgan fingerprint density at radius 2 is 2.19 bits per heavy atom. The molecule has 0 radical (unpaired) electrons. The summed E-state index contributed by atoms with van der Waals surface area (Å²) in [6, 6.07) is 8.93. The van der Waals surface area contributed by atoms with Crippen molar-refractivity contribution in [3.05, 3.63) is 42.1 Å². The molecule has 0 bridgehead atoms. The number of hydrogen-bond donors (Lipinski definition) is 2. The summed E-state index contributed by atoms with van der Waals surface area (Å²) < 4.78 is 5.26. The highest BCUT2D eigenvalue weighted by atomic mass is 16.5. The maximum absolute atomic E-state index is 12.7. The maximum atomic E-state index is 12.7. The summed E-state index contributed by atoms with van der Waals surface area (Å²) in [5, 5.41) is 5.85. The molecule has 2 amide bonds.